The maximum absolute atomic E-state index is 9.65. The van der Waals surface area contributed by atoms with Gasteiger partial charge in [0, 0.05) is 10.7 Å². The van der Waals surface area contributed by atoms with Crippen LogP contribution in [0.4, 0.5) is 5.69 Å². The van der Waals surface area contributed by atoms with Gasteiger partial charge in [-0.3, -0.25) is 0 Å². The van der Waals surface area contributed by atoms with Gasteiger partial charge < -0.3 is 19.9 Å². The molecule has 0 aliphatic carbocycles. The van der Waals surface area contributed by atoms with Crippen LogP contribution in [0.15, 0.2) is 42.5 Å². The molecule has 2 N–H and O–H groups in total. The molecule has 1 aliphatic rings. The molecule has 0 amide bonds. The average Bonchev–Trinajstić information content (AvgIpc) is 2.52. The number of anilines is 1. The predicted octanol–water partition coefficient (Wildman–Crippen LogP) is 3.26. The standard InChI is InChI=1S/C16H16ClNO3/c17-12-2-1-3-13(9-12)18-14(10-19)11-4-5-15-16(8-11)21-7-6-20-15/h1-5,8-9,14,18-19H,6-7,10H2. The molecule has 2 aromatic rings. The largest absolute Gasteiger partial charge is 0.486 e. The molecule has 3 rings (SSSR count). The Kier molecular flexibility index (Phi) is 4.18. The number of nitrogens with one attached hydrogen (secondary N) is 1. The van der Waals surface area contributed by atoms with Crippen LogP contribution in [-0.4, -0.2) is 24.9 Å². The summed E-state index contributed by atoms with van der Waals surface area (Å²) >= 11 is 5.97. The number of hydrogen-bond acceptors (Lipinski definition) is 4. The van der Waals surface area contributed by atoms with Crippen molar-refractivity contribution in [2.45, 2.75) is 6.04 Å². The van der Waals surface area contributed by atoms with E-state index in [1.54, 1.807) is 0 Å². The van der Waals surface area contributed by atoms with E-state index in [2.05, 4.69) is 5.32 Å². The highest BCUT2D eigenvalue weighted by Gasteiger charge is 2.16. The Labute approximate surface area is 128 Å². The first-order valence-electron chi connectivity index (χ1n) is 6.79. The highest BCUT2D eigenvalue weighted by atomic mass is 35.5. The van der Waals surface area contributed by atoms with Crippen molar-refractivity contribution in [2.75, 3.05) is 25.1 Å². The normalized spacial score (nSPS) is 14.6. The van der Waals surface area contributed by atoms with Crippen LogP contribution >= 0.6 is 11.6 Å². The van der Waals surface area contributed by atoms with Crippen LogP contribution in [0.3, 0.4) is 0 Å². The van der Waals surface area contributed by atoms with Gasteiger partial charge in [0.2, 0.25) is 0 Å². The van der Waals surface area contributed by atoms with Crippen LogP contribution in [0.25, 0.3) is 0 Å². The number of halogens is 1. The lowest BCUT2D eigenvalue weighted by Crippen LogP contribution is -2.18. The monoisotopic (exact) mass is 305 g/mol. The highest BCUT2D eigenvalue weighted by molar-refractivity contribution is 6.30. The van der Waals surface area contributed by atoms with Crippen LogP contribution in [0.5, 0.6) is 11.5 Å². The van der Waals surface area contributed by atoms with Crippen molar-refractivity contribution in [1.29, 1.82) is 0 Å². The molecule has 1 unspecified atom stereocenters. The zero-order valence-electron chi connectivity index (χ0n) is 11.4. The van der Waals surface area contributed by atoms with E-state index in [0.717, 1.165) is 17.0 Å². The van der Waals surface area contributed by atoms with Gasteiger partial charge in [-0.15, -0.1) is 0 Å². The Morgan fingerprint density at radius 3 is 2.67 bits per heavy atom. The quantitative estimate of drug-likeness (QED) is 0.910. The zero-order chi connectivity index (χ0) is 14.7. The van der Waals surface area contributed by atoms with Crippen molar-refractivity contribution >= 4 is 17.3 Å². The number of rotatable bonds is 4. The maximum Gasteiger partial charge on any atom is 0.161 e. The second-order valence-electron chi connectivity index (χ2n) is 4.79. The zero-order valence-corrected chi connectivity index (χ0v) is 12.1. The summed E-state index contributed by atoms with van der Waals surface area (Å²) in [5.41, 5.74) is 1.79. The van der Waals surface area contributed by atoms with E-state index in [1.165, 1.54) is 0 Å². The maximum atomic E-state index is 9.65. The molecule has 0 fully saturated rings. The average molecular weight is 306 g/mol. The molecule has 0 saturated carbocycles. The third-order valence-corrected chi connectivity index (χ3v) is 3.55. The number of ether oxygens (including phenoxy) is 2. The fourth-order valence-corrected chi connectivity index (χ4v) is 2.48. The molecule has 1 heterocycles. The first kappa shape index (κ1) is 14.0. The van der Waals surface area contributed by atoms with Crippen molar-refractivity contribution in [1.82, 2.24) is 0 Å². The minimum absolute atomic E-state index is 0.0356. The lowest BCUT2D eigenvalue weighted by atomic mass is 10.1. The van der Waals surface area contributed by atoms with Gasteiger partial charge in [-0.05, 0) is 35.9 Å². The molecule has 1 atom stereocenters. The number of fused-ring (bicyclic) bond motifs is 1. The van der Waals surface area contributed by atoms with E-state index in [9.17, 15) is 5.11 Å². The molecule has 5 heteroatoms. The van der Waals surface area contributed by atoms with Crippen molar-refractivity contribution in [3.8, 4) is 11.5 Å². The molecular weight excluding hydrogens is 290 g/mol. The van der Waals surface area contributed by atoms with Gasteiger partial charge in [0.25, 0.3) is 0 Å². The van der Waals surface area contributed by atoms with Crippen LogP contribution < -0.4 is 14.8 Å². The molecule has 110 valence electrons. The Morgan fingerprint density at radius 1 is 1.10 bits per heavy atom. The van der Waals surface area contributed by atoms with Gasteiger partial charge in [0.1, 0.15) is 13.2 Å². The van der Waals surface area contributed by atoms with Crippen molar-refractivity contribution < 1.29 is 14.6 Å². The minimum Gasteiger partial charge on any atom is -0.486 e. The summed E-state index contributed by atoms with van der Waals surface area (Å²) in [4.78, 5) is 0. The number of benzene rings is 2. The summed E-state index contributed by atoms with van der Waals surface area (Å²) in [6.07, 6.45) is 0. The van der Waals surface area contributed by atoms with Gasteiger partial charge in [0.05, 0.1) is 12.6 Å². The molecule has 0 saturated heterocycles. The fourth-order valence-electron chi connectivity index (χ4n) is 2.29. The molecule has 2 aromatic carbocycles. The smallest absolute Gasteiger partial charge is 0.161 e. The summed E-state index contributed by atoms with van der Waals surface area (Å²) in [6.45, 7) is 1.07. The Hall–Kier alpha value is -1.91. The third-order valence-electron chi connectivity index (χ3n) is 3.32. The molecule has 1 aliphatic heterocycles. The summed E-state index contributed by atoms with van der Waals surface area (Å²) in [6, 6.07) is 12.9. The van der Waals surface area contributed by atoms with E-state index in [4.69, 9.17) is 21.1 Å². The molecule has 4 nitrogen and oxygen atoms in total. The molecular formula is C16H16ClNO3. The summed E-state index contributed by atoms with van der Waals surface area (Å²) in [7, 11) is 0. The fraction of sp³-hybridized carbons (Fsp3) is 0.250. The lowest BCUT2D eigenvalue weighted by Gasteiger charge is -2.22. The van der Waals surface area contributed by atoms with E-state index in [0.29, 0.717) is 24.0 Å². The SMILES string of the molecule is OCC(Nc1cccc(Cl)c1)c1ccc2c(c1)OCCO2. The topological polar surface area (TPSA) is 50.7 Å². The van der Waals surface area contributed by atoms with E-state index in [1.807, 2.05) is 42.5 Å². The molecule has 21 heavy (non-hydrogen) atoms. The third kappa shape index (κ3) is 3.23. The minimum atomic E-state index is -0.237. The predicted molar refractivity (Wildman–Crippen MR) is 82.3 cm³/mol. The van der Waals surface area contributed by atoms with Gasteiger partial charge in [-0.25, -0.2) is 0 Å². The number of aliphatic hydroxyl groups excluding tert-OH is 1. The van der Waals surface area contributed by atoms with Crippen molar-refractivity contribution in [2.24, 2.45) is 0 Å². The van der Waals surface area contributed by atoms with E-state index < -0.39 is 0 Å². The first-order valence-corrected chi connectivity index (χ1v) is 7.16. The van der Waals surface area contributed by atoms with Crippen LogP contribution in [0, 0.1) is 0 Å². The molecule has 0 bridgehead atoms. The molecule has 0 aromatic heterocycles. The van der Waals surface area contributed by atoms with Gasteiger partial charge in [-0.1, -0.05) is 23.7 Å². The van der Waals surface area contributed by atoms with Crippen LogP contribution in [-0.2, 0) is 0 Å². The molecule has 0 radical (unpaired) electrons. The van der Waals surface area contributed by atoms with Crippen molar-refractivity contribution in [3.63, 3.8) is 0 Å². The van der Waals surface area contributed by atoms with Gasteiger partial charge >= 0.3 is 0 Å². The number of aliphatic hydroxyl groups is 1. The Bertz CT molecular complexity index is 633. The summed E-state index contributed by atoms with van der Waals surface area (Å²) in [5, 5.41) is 13.6. The summed E-state index contributed by atoms with van der Waals surface area (Å²) in [5.74, 6) is 1.45. The summed E-state index contributed by atoms with van der Waals surface area (Å²) < 4.78 is 11.1. The van der Waals surface area contributed by atoms with Crippen LogP contribution in [0.2, 0.25) is 5.02 Å². The Balaban J connectivity index is 1.82. The van der Waals surface area contributed by atoms with Gasteiger partial charge in [-0.2, -0.15) is 0 Å². The lowest BCUT2D eigenvalue weighted by molar-refractivity contribution is 0.171. The second kappa shape index (κ2) is 6.24. The Morgan fingerprint density at radius 2 is 1.90 bits per heavy atom. The first-order chi connectivity index (χ1) is 10.3. The second-order valence-corrected chi connectivity index (χ2v) is 5.23. The van der Waals surface area contributed by atoms with Crippen LogP contribution in [0.1, 0.15) is 11.6 Å². The molecule has 0 spiro atoms. The van der Waals surface area contributed by atoms with E-state index in [-0.39, 0.29) is 12.6 Å². The number of hydrogen-bond donors (Lipinski definition) is 2. The van der Waals surface area contributed by atoms with Crippen molar-refractivity contribution in [3.05, 3.63) is 53.1 Å². The highest BCUT2D eigenvalue weighted by Crippen LogP contribution is 2.33. The van der Waals surface area contributed by atoms with E-state index >= 15 is 0 Å². The van der Waals surface area contributed by atoms with Gasteiger partial charge in [0.15, 0.2) is 11.5 Å².